The third kappa shape index (κ3) is 9.02. The minimum absolute atomic E-state index is 0.0938. The molecule has 2 spiro atoms. The van der Waals surface area contributed by atoms with Gasteiger partial charge in [-0.25, -0.2) is 19.9 Å². The lowest BCUT2D eigenvalue weighted by atomic mass is 9.72. The Bertz CT molecular complexity index is 4330. The van der Waals surface area contributed by atoms with E-state index in [1.807, 2.05) is 43.4 Å². The van der Waals surface area contributed by atoms with Crippen molar-refractivity contribution in [1.82, 2.24) is 38.9 Å². The third-order valence-electron chi connectivity index (χ3n) is 15.3. The van der Waals surface area contributed by atoms with Gasteiger partial charge in [-0.3, -0.25) is 38.1 Å². The van der Waals surface area contributed by atoms with Crippen LogP contribution in [-0.2, 0) is 33.5 Å². The molecule has 0 aromatic carbocycles. The van der Waals surface area contributed by atoms with E-state index in [9.17, 15) is 40.2 Å². The van der Waals surface area contributed by atoms with Gasteiger partial charge >= 0.3 is 0 Å². The molecule has 4 aliphatic carbocycles. The topological polar surface area (TPSA) is 231 Å². The molecule has 4 fully saturated rings. The highest BCUT2D eigenvalue weighted by molar-refractivity contribution is 8.27. The maximum Gasteiger partial charge on any atom is 0.269 e. The zero-order valence-corrected chi connectivity index (χ0v) is 50.9. The number of rotatable bonds is 11. The quantitative estimate of drug-likeness (QED) is 0.0673. The first kappa shape index (κ1) is 54.7. The standard InChI is InChI=1S/C54H42N12O4S10/c1-3-63-45(67)29(73-49(63)27(23-55)24-56)19-33-59-41-37(77-33)38-42(53(41)13-7-5-8-14-53)60-34(78-38)20-30-47(69)65(50(74-30)28(25-57)26-58)17-11-12-18-66-48(70)32(76-52(66)72)22-36-62-44-40(80-36)39-43(54(44)15-9-6-10-16-54)61-35(79-39)21-31-46(68)64(4-2)51(71)75-31/h19-22H,3-18H2,1-2H3/b29-19-,30-20-,31-21-,32-22-. The summed E-state index contributed by atoms with van der Waals surface area (Å²) in [7, 11) is 0. The van der Waals surface area contributed by atoms with Gasteiger partial charge in [-0.05, 0) is 76.7 Å². The molecule has 0 unspecified atom stereocenters. The van der Waals surface area contributed by atoms with Crippen molar-refractivity contribution in [1.29, 1.82) is 21.0 Å². The van der Waals surface area contributed by atoms with Crippen molar-refractivity contribution in [2.45, 2.75) is 115 Å². The van der Waals surface area contributed by atoms with E-state index < -0.39 is 5.41 Å². The number of thioether (sulfide) groups is 2. The van der Waals surface area contributed by atoms with Crippen molar-refractivity contribution >= 4 is 172 Å². The molecule has 402 valence electrons. The second-order valence-electron chi connectivity index (χ2n) is 19.7. The van der Waals surface area contributed by atoms with Crippen LogP contribution in [-0.4, -0.2) is 72.4 Å². The average molecular weight is 1240 g/mol. The lowest BCUT2D eigenvalue weighted by molar-refractivity contribution is -0.122. The molecule has 2 saturated heterocycles. The van der Waals surface area contributed by atoms with Crippen molar-refractivity contribution in [2.75, 3.05) is 13.1 Å². The largest absolute Gasteiger partial charge is 0.298 e. The summed E-state index contributed by atoms with van der Waals surface area (Å²) in [5.74, 6) is -0.306. The van der Waals surface area contributed by atoms with Gasteiger partial charge in [0.25, 0.3) is 22.9 Å². The van der Waals surface area contributed by atoms with E-state index in [1.165, 1.54) is 55.3 Å². The maximum absolute atomic E-state index is 14.3. The van der Waals surface area contributed by atoms with Crippen LogP contribution in [0.4, 0.5) is 0 Å². The zero-order valence-electron chi connectivity index (χ0n) is 42.7. The molecule has 0 bridgehead atoms. The van der Waals surface area contributed by atoms with Crippen LogP contribution >= 0.6 is 116 Å². The van der Waals surface area contributed by atoms with E-state index in [0.717, 1.165) is 139 Å². The Kier molecular flexibility index (Phi) is 14.9. The van der Waals surface area contributed by atoms with Gasteiger partial charge in [-0.15, -0.1) is 68.0 Å². The Balaban J connectivity index is 0.777. The molecule has 0 atom stereocenters. The number of amides is 2. The number of thiazole rings is 6. The van der Waals surface area contributed by atoms with Crippen molar-refractivity contribution in [3.63, 3.8) is 0 Å². The predicted octanol–water partition coefficient (Wildman–Crippen LogP) is 8.40. The van der Waals surface area contributed by atoms with Crippen LogP contribution in [0.1, 0.15) is 134 Å². The molecule has 26 heteroatoms. The molecule has 6 aromatic heterocycles. The van der Waals surface area contributed by atoms with Gasteiger partial charge in [0.2, 0.25) is 0 Å². The molecule has 0 radical (unpaired) electrons. The van der Waals surface area contributed by atoms with E-state index in [4.69, 9.17) is 44.4 Å². The number of hydrogen-bond donors (Lipinski definition) is 0. The molecule has 16 nitrogen and oxygen atoms in total. The number of aromatic nitrogens is 6. The fourth-order valence-electron chi connectivity index (χ4n) is 11.6. The summed E-state index contributed by atoms with van der Waals surface area (Å²) >= 11 is 22.0. The smallest absolute Gasteiger partial charge is 0.269 e. The zero-order chi connectivity index (χ0) is 55.8. The summed E-state index contributed by atoms with van der Waals surface area (Å²) in [6.45, 7) is 5.04. The van der Waals surface area contributed by atoms with Crippen molar-refractivity contribution < 1.29 is 9.59 Å². The minimum atomic E-state index is -0.431. The highest BCUT2D eigenvalue weighted by Gasteiger charge is 2.51. The monoisotopic (exact) mass is 1240 g/mol. The van der Waals surface area contributed by atoms with E-state index in [-0.39, 0.29) is 50.7 Å². The Morgan fingerprint density at radius 2 is 0.887 bits per heavy atom. The Morgan fingerprint density at radius 3 is 1.29 bits per heavy atom. The molecule has 2 amide bonds. The van der Waals surface area contributed by atoms with Gasteiger partial charge in [0.15, 0.2) is 11.1 Å². The Morgan fingerprint density at radius 1 is 0.512 bits per heavy atom. The van der Waals surface area contributed by atoms with Crippen LogP contribution in [0.2, 0.25) is 0 Å². The first-order valence-electron chi connectivity index (χ1n) is 25.9. The van der Waals surface area contributed by atoms with Crippen molar-refractivity contribution in [2.24, 2.45) is 0 Å². The molecule has 2 aliphatic heterocycles. The van der Waals surface area contributed by atoms with Crippen molar-refractivity contribution in [3.05, 3.63) is 91.7 Å². The molecule has 6 aromatic rings. The average Bonchev–Trinajstić information content (AvgIpc) is 3.05. The lowest BCUT2D eigenvalue weighted by Crippen LogP contribution is -2.33. The predicted molar refractivity (Wildman–Crippen MR) is 327 cm³/mol. The summed E-state index contributed by atoms with van der Waals surface area (Å²) in [6.07, 6.45) is 18.0. The van der Waals surface area contributed by atoms with E-state index >= 15 is 0 Å². The molecular formula is C54H42N12O4S10. The van der Waals surface area contributed by atoms with Gasteiger partial charge in [-0.2, -0.15) is 21.0 Å². The van der Waals surface area contributed by atoms with Crippen LogP contribution < -0.4 is 29.5 Å². The molecule has 12 rings (SSSR count). The summed E-state index contributed by atoms with van der Waals surface area (Å²) in [4.78, 5) is 83.9. The second-order valence-corrected chi connectivity index (χ2v) is 29.2. The number of carbonyl (C=O) groups is 2. The van der Waals surface area contributed by atoms with Gasteiger partial charge < -0.3 is 0 Å². The number of thiocarbonyl (C=S) groups is 2. The van der Waals surface area contributed by atoms with Gasteiger partial charge in [0.1, 0.15) is 62.3 Å². The van der Waals surface area contributed by atoms with Crippen molar-refractivity contribution in [3.8, 4) is 43.8 Å². The van der Waals surface area contributed by atoms with Gasteiger partial charge in [0.05, 0.1) is 72.0 Å². The lowest BCUT2D eigenvalue weighted by Gasteiger charge is -2.32. The summed E-state index contributed by atoms with van der Waals surface area (Å²) in [5.41, 5.74) is 2.26. The second kappa shape index (κ2) is 21.8. The SMILES string of the molecule is CCN1C(=O)/C(=C/c2nc3c(s2)-c2sc(/C=C4\SC(=S)N(CCCCn5c(=C(C#N)C#N)s/c(=C\c6nc7c(s6)-c6sc(/C=c8\sc(=C(C#N)C#N)n(CC)c8=O)nc6C76CCCCC6)c5=O)C4=O)nc2C32CCCCC2)SC1=S. The minimum Gasteiger partial charge on any atom is -0.298 e. The fourth-order valence-corrected chi connectivity index (χ4v) is 21.4. The molecular weight excluding hydrogens is 1200 g/mol. The number of nitriles is 4. The fraction of sp³-hybridized carbons (Fsp3) is 0.370. The Hall–Kier alpha value is -5.88. The summed E-state index contributed by atoms with van der Waals surface area (Å²) < 4.78 is 5.19. The first-order valence-corrected chi connectivity index (χ1v) is 33.2. The summed E-state index contributed by atoms with van der Waals surface area (Å²) in [6, 6.07) is 7.78. The highest BCUT2D eigenvalue weighted by atomic mass is 32.2. The van der Waals surface area contributed by atoms with Crippen LogP contribution in [0.25, 0.3) is 55.0 Å². The van der Waals surface area contributed by atoms with Gasteiger partial charge in [0, 0.05) is 26.2 Å². The molecule has 8 heterocycles. The maximum atomic E-state index is 14.3. The number of unbranched alkanes of at least 4 members (excludes halogenated alkanes) is 1. The van der Waals surface area contributed by atoms with Crippen LogP contribution in [0, 0.1) is 45.3 Å². The Labute approximate surface area is 500 Å². The normalized spacial score (nSPS) is 19.1. The highest BCUT2D eigenvalue weighted by Crippen LogP contribution is 2.60. The molecule has 0 N–H and O–H groups in total. The molecule has 2 saturated carbocycles. The summed E-state index contributed by atoms with van der Waals surface area (Å²) in [5, 5.41) is 42.0. The number of likely N-dealkylation sites (N-methyl/N-ethyl adjacent to an activating group) is 1. The van der Waals surface area contributed by atoms with E-state index in [0.29, 0.717) is 74.7 Å². The van der Waals surface area contributed by atoms with Crippen LogP contribution in [0.15, 0.2) is 19.4 Å². The first-order chi connectivity index (χ1) is 38.8. The van der Waals surface area contributed by atoms with Gasteiger partial charge in [-0.1, -0.05) is 86.5 Å². The van der Waals surface area contributed by atoms with Crippen LogP contribution in [0.3, 0.4) is 0 Å². The molecule has 6 aliphatic rings. The third-order valence-corrected chi connectivity index (χ3v) is 24.7. The van der Waals surface area contributed by atoms with Crippen LogP contribution in [0.5, 0.6) is 0 Å². The number of carbonyl (C=O) groups excluding carboxylic acids is 2. The number of nitrogens with zero attached hydrogens (tertiary/aromatic N) is 12. The molecule has 80 heavy (non-hydrogen) atoms. The van der Waals surface area contributed by atoms with E-state index in [2.05, 4.69) is 0 Å². The number of hydrogen-bond acceptors (Lipinski definition) is 22. The number of fused-ring (bicyclic) bond motifs is 10. The van der Waals surface area contributed by atoms with E-state index in [1.54, 1.807) is 51.5 Å².